The van der Waals surface area contributed by atoms with E-state index in [4.69, 9.17) is 21.2 Å². The first-order valence-electron chi connectivity index (χ1n) is 11.8. The van der Waals surface area contributed by atoms with E-state index in [2.05, 4.69) is 19.0 Å². The predicted octanol–water partition coefficient (Wildman–Crippen LogP) is 6.83. The van der Waals surface area contributed by atoms with Crippen molar-refractivity contribution in [3.8, 4) is 0 Å². The van der Waals surface area contributed by atoms with Crippen molar-refractivity contribution in [2.45, 2.75) is 71.3 Å². The van der Waals surface area contributed by atoms with Crippen LogP contribution in [0, 0.1) is 11.8 Å². The van der Waals surface area contributed by atoms with Gasteiger partial charge >= 0.3 is 5.97 Å². The lowest BCUT2D eigenvalue weighted by atomic mass is 9.77. The predicted molar refractivity (Wildman–Crippen MR) is 136 cm³/mol. The summed E-state index contributed by atoms with van der Waals surface area (Å²) < 4.78 is 6.50. The number of thioether (sulfide) groups is 1. The summed E-state index contributed by atoms with van der Waals surface area (Å²) in [6.07, 6.45) is 7.75. The minimum absolute atomic E-state index is 0.0316. The molecule has 2 aliphatic rings. The summed E-state index contributed by atoms with van der Waals surface area (Å²) in [6.45, 7) is 6.45. The second kappa shape index (κ2) is 13.6. The summed E-state index contributed by atoms with van der Waals surface area (Å²) in [7, 11) is 0. The van der Waals surface area contributed by atoms with Crippen LogP contribution in [0.3, 0.4) is 0 Å². The molecule has 5 nitrogen and oxygen atoms in total. The third-order valence-corrected chi connectivity index (χ3v) is 8.57. The molecule has 2 heterocycles. The second-order valence-corrected chi connectivity index (χ2v) is 11.7. The normalized spacial score (nSPS) is 21.2. The van der Waals surface area contributed by atoms with Crippen LogP contribution in [0.1, 0.15) is 69.6 Å². The third kappa shape index (κ3) is 8.16. The molecule has 0 amide bonds. The van der Waals surface area contributed by atoms with Gasteiger partial charge < -0.3 is 4.74 Å². The van der Waals surface area contributed by atoms with Crippen molar-refractivity contribution < 1.29 is 19.2 Å². The number of hydrogen-bond donors (Lipinski definition) is 1. The Morgan fingerprint density at radius 3 is 2.79 bits per heavy atom. The molecule has 0 radical (unpaired) electrons. The second-order valence-electron chi connectivity index (χ2n) is 8.73. The first kappa shape index (κ1) is 26.3. The monoisotopic (exact) mass is 511 g/mol. The van der Waals surface area contributed by atoms with Crippen molar-refractivity contribution in [3.63, 3.8) is 0 Å². The van der Waals surface area contributed by atoms with Crippen LogP contribution in [-0.4, -0.2) is 23.3 Å². The molecule has 0 aromatic carbocycles. The molecule has 2 unspecified atom stereocenters. The Hall–Kier alpha value is -1.28. The van der Waals surface area contributed by atoms with Crippen molar-refractivity contribution in [2.75, 3.05) is 11.5 Å². The van der Waals surface area contributed by atoms with Gasteiger partial charge in [0.1, 0.15) is 12.4 Å². The van der Waals surface area contributed by atoms with Crippen molar-refractivity contribution in [1.29, 1.82) is 0 Å². The van der Waals surface area contributed by atoms with Crippen LogP contribution in [0.4, 0.5) is 0 Å². The Morgan fingerprint density at radius 1 is 1.24 bits per heavy atom. The van der Waals surface area contributed by atoms with Crippen molar-refractivity contribution in [1.82, 2.24) is 5.48 Å². The highest BCUT2D eigenvalue weighted by Crippen LogP contribution is 2.39. The lowest BCUT2D eigenvalue weighted by Gasteiger charge is -2.34. The number of halogens is 1. The summed E-state index contributed by atoms with van der Waals surface area (Å²) in [5.41, 5.74) is 3.50. The molecule has 1 N–H and O–H groups in total. The highest BCUT2D eigenvalue weighted by Gasteiger charge is 2.36. The highest BCUT2D eigenvalue weighted by atomic mass is 35.5. The highest BCUT2D eigenvalue weighted by molar-refractivity contribution is 7.99. The molecular formula is C25H34ClNO4S2. The summed E-state index contributed by atoms with van der Waals surface area (Å²) in [6, 6.07) is 3.70. The van der Waals surface area contributed by atoms with E-state index in [0.29, 0.717) is 53.2 Å². The first-order valence-corrected chi connectivity index (χ1v) is 14.2. The van der Waals surface area contributed by atoms with Crippen molar-refractivity contribution in [2.24, 2.45) is 11.8 Å². The van der Waals surface area contributed by atoms with Crippen molar-refractivity contribution >= 4 is 46.5 Å². The number of thiophene rings is 1. The Balaban J connectivity index is 1.67. The van der Waals surface area contributed by atoms with Crippen LogP contribution in [0.2, 0.25) is 4.34 Å². The van der Waals surface area contributed by atoms with E-state index in [1.54, 1.807) is 0 Å². The van der Waals surface area contributed by atoms with Crippen LogP contribution in [-0.2, 0) is 25.8 Å². The van der Waals surface area contributed by atoms with Crippen LogP contribution in [0.25, 0.3) is 0 Å². The molecule has 8 heteroatoms. The number of unbranched alkanes of at least 4 members (excludes halogenated alkanes) is 3. The molecule has 1 saturated heterocycles. The van der Waals surface area contributed by atoms with E-state index in [9.17, 15) is 9.59 Å². The van der Waals surface area contributed by atoms with Crippen LogP contribution < -0.4 is 5.48 Å². The number of ether oxygens (including phenoxy) is 1. The summed E-state index contributed by atoms with van der Waals surface area (Å²) in [5, 5.41) is 0. The zero-order valence-corrected chi connectivity index (χ0v) is 21.7. The summed E-state index contributed by atoms with van der Waals surface area (Å²) in [4.78, 5) is 32.3. The van der Waals surface area contributed by atoms with E-state index in [1.807, 2.05) is 23.9 Å². The van der Waals surface area contributed by atoms with E-state index in [-0.39, 0.29) is 17.7 Å². The Labute approximate surface area is 210 Å². The largest absolute Gasteiger partial charge is 0.430 e. The maximum absolute atomic E-state index is 13.2. The molecular weight excluding hydrogens is 478 g/mol. The van der Waals surface area contributed by atoms with E-state index >= 15 is 0 Å². The van der Waals surface area contributed by atoms with Crippen LogP contribution >= 0.6 is 34.7 Å². The molecule has 0 saturated carbocycles. The Bertz CT molecular complexity index is 860. The first-order chi connectivity index (χ1) is 16.0. The average Bonchev–Trinajstić information content (AvgIpc) is 3.22. The van der Waals surface area contributed by atoms with Crippen molar-refractivity contribution in [3.05, 3.63) is 45.0 Å². The fourth-order valence-electron chi connectivity index (χ4n) is 4.37. The molecule has 1 aliphatic carbocycles. The lowest BCUT2D eigenvalue weighted by molar-refractivity contribution is -0.140. The minimum Gasteiger partial charge on any atom is -0.430 e. The molecule has 3 rings (SSSR count). The van der Waals surface area contributed by atoms with E-state index < -0.39 is 0 Å². The number of nitrogens with one attached hydrogen (secondary N) is 1. The van der Waals surface area contributed by atoms with Gasteiger partial charge in [-0.3, -0.25) is 19.9 Å². The number of hydrogen-bond acceptors (Lipinski definition) is 7. The maximum atomic E-state index is 13.2. The molecule has 0 bridgehead atoms. The summed E-state index contributed by atoms with van der Waals surface area (Å²) in [5.74, 6) is 3.09. The number of allylic oxidation sites excluding steroid dienone is 2. The van der Waals surface area contributed by atoms with Gasteiger partial charge in [-0.05, 0) is 54.7 Å². The Kier molecular flexibility index (Phi) is 10.8. The van der Waals surface area contributed by atoms with Gasteiger partial charge in [0.2, 0.25) is 0 Å². The number of rotatable bonds is 12. The number of ketones is 1. The third-order valence-electron chi connectivity index (χ3n) is 6.13. The molecule has 1 fully saturated rings. The molecule has 2 atom stereocenters. The molecule has 0 spiro atoms. The Morgan fingerprint density at radius 2 is 2.09 bits per heavy atom. The maximum Gasteiger partial charge on any atom is 0.310 e. The average molecular weight is 512 g/mol. The van der Waals surface area contributed by atoms with Crippen LogP contribution in [0.15, 0.2) is 35.7 Å². The smallest absolute Gasteiger partial charge is 0.310 e. The summed E-state index contributed by atoms with van der Waals surface area (Å²) >= 11 is 9.35. The zero-order chi connectivity index (χ0) is 23.6. The van der Waals surface area contributed by atoms with E-state index in [0.717, 1.165) is 42.7 Å². The fourth-order valence-corrected chi connectivity index (χ4v) is 6.65. The molecule has 182 valence electrons. The van der Waals surface area contributed by atoms with Gasteiger partial charge in [0, 0.05) is 24.1 Å². The van der Waals surface area contributed by atoms with Gasteiger partial charge in [-0.2, -0.15) is 11.8 Å². The van der Waals surface area contributed by atoms with E-state index in [1.165, 1.54) is 23.5 Å². The van der Waals surface area contributed by atoms with Gasteiger partial charge in [-0.25, -0.2) is 0 Å². The standard InChI is InChI=1S/C25H34ClNO4S2/c1-3-4-5-6-9-24(29)31-22-14-19(18-8-7-12-32-16-18)13-21(28)25(22)17(2)27-30-15-20-10-11-23(26)33-20/h10-11,18-19,27H,2-9,12-16H2,1H3. The molecule has 1 aliphatic heterocycles. The minimum atomic E-state index is -0.271. The number of carbonyl (C=O) groups excluding carboxylic acids is 2. The number of hydroxylamine groups is 1. The SMILES string of the molecule is C=C(NOCc1ccc(Cl)s1)C1=C(OC(=O)CCCCCC)CC(C2CCCSC2)CC1=O. The lowest BCUT2D eigenvalue weighted by Crippen LogP contribution is -2.32. The van der Waals surface area contributed by atoms with Gasteiger partial charge in [0.25, 0.3) is 0 Å². The van der Waals surface area contributed by atoms with Crippen LogP contribution in [0.5, 0.6) is 0 Å². The number of carbonyl (C=O) groups is 2. The topological polar surface area (TPSA) is 64.6 Å². The molecule has 33 heavy (non-hydrogen) atoms. The van der Waals surface area contributed by atoms with Gasteiger partial charge in [-0.1, -0.05) is 44.4 Å². The number of Topliss-reactive ketones (excluding diaryl/α,β-unsaturated/α-hetero) is 1. The van der Waals surface area contributed by atoms with Gasteiger partial charge in [-0.15, -0.1) is 11.3 Å². The van der Waals surface area contributed by atoms with Gasteiger partial charge in [0.05, 0.1) is 15.6 Å². The number of esters is 1. The molecule has 1 aromatic rings. The quantitative estimate of drug-likeness (QED) is 0.188. The molecule has 1 aromatic heterocycles. The van der Waals surface area contributed by atoms with Gasteiger partial charge in [0.15, 0.2) is 5.78 Å². The zero-order valence-electron chi connectivity index (χ0n) is 19.3. The fraction of sp³-hybridized carbons (Fsp3) is 0.600.